The van der Waals surface area contributed by atoms with Crippen LogP contribution in [-0.2, 0) is 0 Å². The lowest BCUT2D eigenvalue weighted by Gasteiger charge is -2.06. The largest absolute Gasteiger partial charge is 0.384 e. The van der Waals surface area contributed by atoms with Gasteiger partial charge in [0.15, 0.2) is 0 Å². The summed E-state index contributed by atoms with van der Waals surface area (Å²) in [6.45, 7) is 3.27. The summed E-state index contributed by atoms with van der Waals surface area (Å²) < 4.78 is 25.4. The van der Waals surface area contributed by atoms with Gasteiger partial charge in [-0.2, -0.15) is 0 Å². The van der Waals surface area contributed by atoms with Gasteiger partial charge in [-0.3, -0.25) is 0 Å². The lowest BCUT2D eigenvalue weighted by molar-refractivity contribution is 0.223. The fraction of sp³-hybridized carbons (Fsp3) is 0.111. The van der Waals surface area contributed by atoms with Crippen LogP contribution in [0.5, 0.6) is 0 Å². The van der Waals surface area contributed by atoms with Crippen molar-refractivity contribution < 1.29 is 13.9 Å². The normalized spacial score (nSPS) is 12.6. The van der Waals surface area contributed by atoms with Crippen molar-refractivity contribution in [2.24, 2.45) is 0 Å². The van der Waals surface area contributed by atoms with Gasteiger partial charge in [-0.1, -0.05) is 6.08 Å². The molecule has 0 radical (unpaired) electrons. The monoisotopic (exact) mass is 170 g/mol. The van der Waals surface area contributed by atoms with Gasteiger partial charge in [-0.15, -0.1) is 6.58 Å². The first-order chi connectivity index (χ1) is 5.65. The van der Waals surface area contributed by atoms with Gasteiger partial charge < -0.3 is 5.11 Å². The van der Waals surface area contributed by atoms with Crippen LogP contribution in [0.4, 0.5) is 8.78 Å². The molecule has 64 valence electrons. The van der Waals surface area contributed by atoms with Crippen LogP contribution in [0.3, 0.4) is 0 Å². The Morgan fingerprint density at radius 1 is 1.42 bits per heavy atom. The number of aliphatic hydroxyl groups excluding tert-OH is 1. The van der Waals surface area contributed by atoms with Crippen LogP contribution in [0.1, 0.15) is 11.7 Å². The van der Waals surface area contributed by atoms with E-state index in [0.717, 1.165) is 24.3 Å². The molecule has 1 nitrogen and oxygen atoms in total. The Hall–Kier alpha value is -1.22. The molecule has 0 saturated heterocycles. The van der Waals surface area contributed by atoms with Gasteiger partial charge in [0.2, 0.25) is 0 Å². The molecular weight excluding hydrogens is 162 g/mol. The number of halogens is 2. The summed E-state index contributed by atoms with van der Waals surface area (Å²) in [4.78, 5) is 0. The van der Waals surface area contributed by atoms with Crippen molar-refractivity contribution in [1.29, 1.82) is 0 Å². The Balaban J connectivity index is 3.12. The van der Waals surface area contributed by atoms with Crippen LogP contribution in [0.25, 0.3) is 0 Å². The van der Waals surface area contributed by atoms with Gasteiger partial charge in [0.1, 0.15) is 11.6 Å². The lowest BCUT2D eigenvalue weighted by atomic mass is 10.1. The molecule has 0 fully saturated rings. The molecule has 0 spiro atoms. The van der Waals surface area contributed by atoms with Crippen LogP contribution in [-0.4, -0.2) is 5.11 Å². The zero-order valence-corrected chi connectivity index (χ0v) is 6.30. The van der Waals surface area contributed by atoms with Crippen molar-refractivity contribution in [2.45, 2.75) is 6.10 Å². The molecule has 0 aromatic heterocycles. The third kappa shape index (κ3) is 1.68. The molecule has 0 aliphatic heterocycles. The number of rotatable bonds is 2. The zero-order chi connectivity index (χ0) is 9.14. The second kappa shape index (κ2) is 3.45. The van der Waals surface area contributed by atoms with E-state index in [9.17, 15) is 8.78 Å². The second-order valence-corrected chi connectivity index (χ2v) is 2.35. The highest BCUT2D eigenvalue weighted by Crippen LogP contribution is 2.18. The van der Waals surface area contributed by atoms with Crippen molar-refractivity contribution in [2.75, 3.05) is 0 Å². The van der Waals surface area contributed by atoms with Crippen molar-refractivity contribution in [1.82, 2.24) is 0 Å². The molecule has 3 heteroatoms. The van der Waals surface area contributed by atoms with Crippen LogP contribution >= 0.6 is 0 Å². The minimum atomic E-state index is -1.15. The van der Waals surface area contributed by atoms with E-state index in [1.165, 1.54) is 0 Å². The van der Waals surface area contributed by atoms with Gasteiger partial charge in [0.25, 0.3) is 0 Å². The van der Waals surface area contributed by atoms with E-state index in [4.69, 9.17) is 5.11 Å². The molecule has 0 bridgehead atoms. The number of benzene rings is 1. The summed E-state index contributed by atoms with van der Waals surface area (Å²) in [6, 6.07) is 2.91. The van der Waals surface area contributed by atoms with Gasteiger partial charge in [0.05, 0.1) is 6.10 Å². The average Bonchev–Trinajstić information content (AvgIpc) is 2.08. The third-order valence-corrected chi connectivity index (χ3v) is 1.50. The van der Waals surface area contributed by atoms with Crippen LogP contribution in [0, 0.1) is 11.6 Å². The Bertz CT molecular complexity index is 297. The fourth-order valence-electron chi connectivity index (χ4n) is 0.868. The van der Waals surface area contributed by atoms with E-state index in [0.29, 0.717) is 0 Å². The lowest BCUT2D eigenvalue weighted by Crippen LogP contribution is -1.97. The molecule has 0 aliphatic rings. The first-order valence-corrected chi connectivity index (χ1v) is 3.40. The SMILES string of the molecule is C=CC(O)c1cc(F)ccc1F. The zero-order valence-electron chi connectivity index (χ0n) is 6.30. The van der Waals surface area contributed by atoms with E-state index < -0.39 is 17.7 Å². The van der Waals surface area contributed by atoms with Crippen LogP contribution < -0.4 is 0 Å². The van der Waals surface area contributed by atoms with Crippen molar-refractivity contribution in [3.8, 4) is 0 Å². The average molecular weight is 170 g/mol. The Labute approximate surface area is 69.0 Å². The molecule has 0 heterocycles. The summed E-state index contributed by atoms with van der Waals surface area (Å²) in [5, 5.41) is 9.11. The molecular formula is C9H8F2O. The highest BCUT2D eigenvalue weighted by atomic mass is 19.1. The Kier molecular flexibility index (Phi) is 2.55. The van der Waals surface area contributed by atoms with E-state index >= 15 is 0 Å². The van der Waals surface area contributed by atoms with E-state index in [-0.39, 0.29) is 5.56 Å². The minimum absolute atomic E-state index is 0.0926. The highest BCUT2D eigenvalue weighted by molar-refractivity contribution is 5.23. The summed E-state index contributed by atoms with van der Waals surface area (Å²) in [5.74, 6) is -1.21. The summed E-state index contributed by atoms with van der Waals surface area (Å²) >= 11 is 0. The van der Waals surface area contributed by atoms with Crippen molar-refractivity contribution in [3.63, 3.8) is 0 Å². The molecule has 12 heavy (non-hydrogen) atoms. The topological polar surface area (TPSA) is 20.2 Å². The fourth-order valence-corrected chi connectivity index (χ4v) is 0.868. The summed E-state index contributed by atoms with van der Waals surface area (Å²) in [6.07, 6.45) is -0.0154. The number of hydrogen-bond acceptors (Lipinski definition) is 1. The Morgan fingerprint density at radius 2 is 2.08 bits per heavy atom. The van der Waals surface area contributed by atoms with E-state index in [2.05, 4.69) is 6.58 Å². The molecule has 1 atom stereocenters. The van der Waals surface area contributed by atoms with Crippen molar-refractivity contribution in [3.05, 3.63) is 48.1 Å². The highest BCUT2D eigenvalue weighted by Gasteiger charge is 2.09. The van der Waals surface area contributed by atoms with Crippen LogP contribution in [0.15, 0.2) is 30.9 Å². The quantitative estimate of drug-likeness (QED) is 0.674. The number of aliphatic hydroxyl groups is 1. The third-order valence-electron chi connectivity index (χ3n) is 1.50. The van der Waals surface area contributed by atoms with E-state index in [1.807, 2.05) is 0 Å². The number of hydrogen-bond donors (Lipinski definition) is 1. The molecule has 1 aromatic carbocycles. The first kappa shape index (κ1) is 8.87. The van der Waals surface area contributed by atoms with Gasteiger partial charge in [0, 0.05) is 5.56 Å². The van der Waals surface area contributed by atoms with Crippen molar-refractivity contribution >= 4 is 0 Å². The predicted octanol–water partition coefficient (Wildman–Crippen LogP) is 2.18. The van der Waals surface area contributed by atoms with Gasteiger partial charge in [-0.25, -0.2) is 8.78 Å². The standard InChI is InChI=1S/C9H8F2O/c1-2-9(12)7-5-6(10)3-4-8(7)11/h2-5,9,12H,1H2. The van der Waals surface area contributed by atoms with Gasteiger partial charge >= 0.3 is 0 Å². The molecule has 1 rings (SSSR count). The van der Waals surface area contributed by atoms with Gasteiger partial charge in [-0.05, 0) is 18.2 Å². The van der Waals surface area contributed by atoms with Crippen LogP contribution in [0.2, 0.25) is 0 Å². The molecule has 0 amide bonds. The maximum absolute atomic E-state index is 12.8. The molecule has 1 unspecified atom stereocenters. The first-order valence-electron chi connectivity index (χ1n) is 3.40. The molecule has 1 aromatic rings. The molecule has 1 N–H and O–H groups in total. The Morgan fingerprint density at radius 3 is 2.67 bits per heavy atom. The summed E-state index contributed by atoms with van der Waals surface area (Å²) in [5.41, 5.74) is -0.0926. The predicted molar refractivity (Wildman–Crippen MR) is 41.5 cm³/mol. The maximum atomic E-state index is 12.8. The minimum Gasteiger partial charge on any atom is -0.384 e. The molecule has 0 saturated carbocycles. The smallest absolute Gasteiger partial charge is 0.129 e. The maximum Gasteiger partial charge on any atom is 0.129 e. The molecule has 0 aliphatic carbocycles. The summed E-state index contributed by atoms with van der Waals surface area (Å²) in [7, 11) is 0. The van der Waals surface area contributed by atoms with E-state index in [1.54, 1.807) is 0 Å². The second-order valence-electron chi connectivity index (χ2n) is 2.35.